The zero-order chi connectivity index (χ0) is 16.2. The zero-order valence-corrected chi connectivity index (χ0v) is 13.0. The lowest BCUT2D eigenvalue weighted by Gasteiger charge is -2.13. The topological polar surface area (TPSA) is 63.7 Å². The number of aromatic nitrogens is 3. The van der Waals surface area contributed by atoms with Gasteiger partial charge in [0.25, 0.3) is 0 Å². The Morgan fingerprint density at radius 2 is 2.09 bits per heavy atom. The molecule has 0 aliphatic carbocycles. The summed E-state index contributed by atoms with van der Waals surface area (Å²) >= 11 is 0. The van der Waals surface area contributed by atoms with Crippen molar-refractivity contribution in [1.29, 1.82) is 5.26 Å². The van der Waals surface area contributed by atoms with Crippen molar-refractivity contribution >= 4 is 0 Å². The lowest BCUT2D eigenvalue weighted by atomic mass is 10.1. The molecule has 0 aliphatic heterocycles. The molecule has 3 aromatic rings. The van der Waals surface area contributed by atoms with E-state index in [0.717, 1.165) is 16.8 Å². The molecule has 2 aromatic heterocycles. The summed E-state index contributed by atoms with van der Waals surface area (Å²) in [7, 11) is 0. The third kappa shape index (κ3) is 3.22. The fourth-order valence-electron chi connectivity index (χ4n) is 2.38. The van der Waals surface area contributed by atoms with Gasteiger partial charge in [-0.05, 0) is 43.2 Å². The van der Waals surface area contributed by atoms with E-state index in [-0.39, 0.29) is 0 Å². The Morgan fingerprint density at radius 3 is 2.78 bits per heavy atom. The lowest BCUT2D eigenvalue weighted by molar-refractivity contribution is 0.469. The van der Waals surface area contributed by atoms with Gasteiger partial charge in [0.15, 0.2) is 5.75 Å². The third-order valence-corrected chi connectivity index (χ3v) is 3.58. The zero-order valence-electron chi connectivity index (χ0n) is 13.0. The molecule has 0 radical (unpaired) electrons. The fourth-order valence-corrected chi connectivity index (χ4v) is 2.38. The number of imidazole rings is 1. The molecule has 1 aromatic carbocycles. The monoisotopic (exact) mass is 304 g/mol. The molecule has 0 N–H and O–H groups in total. The molecule has 3 rings (SSSR count). The number of hydrogen-bond acceptors (Lipinski definition) is 4. The second-order valence-corrected chi connectivity index (χ2v) is 5.32. The average Bonchev–Trinajstić information content (AvgIpc) is 3.04. The summed E-state index contributed by atoms with van der Waals surface area (Å²) in [6, 6.07) is 9.67. The largest absolute Gasteiger partial charge is 0.454 e. The molecule has 0 saturated carbocycles. The summed E-state index contributed by atoms with van der Waals surface area (Å²) in [4.78, 5) is 8.29. The van der Waals surface area contributed by atoms with Crippen LogP contribution in [0.3, 0.4) is 0 Å². The van der Waals surface area contributed by atoms with Gasteiger partial charge in [-0.1, -0.05) is 6.07 Å². The normalized spacial score (nSPS) is 10.3. The Balaban J connectivity index is 1.95. The van der Waals surface area contributed by atoms with E-state index in [2.05, 4.69) is 16.0 Å². The SMILES string of the molecule is Cc1ccnc(C)c1Oc1cc(Cn2ccnc2)ccc1C#N. The average molecular weight is 304 g/mol. The molecule has 23 heavy (non-hydrogen) atoms. The van der Waals surface area contributed by atoms with E-state index >= 15 is 0 Å². The number of nitriles is 1. The van der Waals surface area contributed by atoms with Crippen molar-refractivity contribution in [2.45, 2.75) is 20.4 Å². The Kier molecular flexibility index (Phi) is 4.07. The number of benzene rings is 1. The van der Waals surface area contributed by atoms with Gasteiger partial charge < -0.3 is 9.30 Å². The fraction of sp³-hybridized carbons (Fsp3) is 0.167. The van der Waals surface area contributed by atoms with Crippen LogP contribution in [0.1, 0.15) is 22.4 Å². The summed E-state index contributed by atoms with van der Waals surface area (Å²) in [5.74, 6) is 1.24. The van der Waals surface area contributed by atoms with Gasteiger partial charge in [-0.2, -0.15) is 5.26 Å². The van der Waals surface area contributed by atoms with Crippen molar-refractivity contribution in [3.8, 4) is 17.6 Å². The molecular formula is C18H16N4O. The van der Waals surface area contributed by atoms with Crippen molar-refractivity contribution in [3.63, 3.8) is 0 Å². The third-order valence-electron chi connectivity index (χ3n) is 3.58. The number of rotatable bonds is 4. The standard InChI is InChI=1S/C18H16N4O/c1-13-5-6-21-14(2)18(13)23-17-9-15(3-4-16(17)10-19)11-22-8-7-20-12-22/h3-9,12H,11H2,1-2H3. The molecule has 0 fully saturated rings. The van der Waals surface area contributed by atoms with Gasteiger partial charge in [-0.3, -0.25) is 4.98 Å². The van der Waals surface area contributed by atoms with Gasteiger partial charge in [-0.15, -0.1) is 0 Å². The lowest BCUT2D eigenvalue weighted by Crippen LogP contribution is -1.99. The summed E-state index contributed by atoms with van der Waals surface area (Å²) in [5.41, 5.74) is 3.33. The van der Waals surface area contributed by atoms with Crippen LogP contribution in [0.4, 0.5) is 0 Å². The Bertz CT molecular complexity index is 843. The first kappa shape index (κ1) is 14.8. The predicted octanol–water partition coefficient (Wildman–Crippen LogP) is 3.61. The first-order valence-corrected chi connectivity index (χ1v) is 7.26. The van der Waals surface area contributed by atoms with Crippen molar-refractivity contribution in [1.82, 2.24) is 14.5 Å². The molecule has 0 unspecified atom stereocenters. The van der Waals surface area contributed by atoms with Crippen molar-refractivity contribution < 1.29 is 4.74 Å². The van der Waals surface area contributed by atoms with Crippen molar-refractivity contribution in [2.75, 3.05) is 0 Å². The molecule has 114 valence electrons. The van der Waals surface area contributed by atoms with Crippen LogP contribution < -0.4 is 4.74 Å². The van der Waals surface area contributed by atoms with Crippen LogP contribution in [0.5, 0.6) is 11.5 Å². The molecule has 0 amide bonds. The van der Waals surface area contributed by atoms with Crippen LogP contribution in [0.2, 0.25) is 0 Å². The van der Waals surface area contributed by atoms with Gasteiger partial charge in [0.2, 0.25) is 0 Å². The first-order chi connectivity index (χ1) is 11.2. The van der Waals surface area contributed by atoms with Gasteiger partial charge in [-0.25, -0.2) is 4.98 Å². The van der Waals surface area contributed by atoms with Crippen molar-refractivity contribution in [2.24, 2.45) is 0 Å². The van der Waals surface area contributed by atoms with E-state index in [1.807, 2.05) is 42.8 Å². The maximum Gasteiger partial charge on any atom is 0.151 e. The number of ether oxygens (including phenoxy) is 1. The summed E-state index contributed by atoms with van der Waals surface area (Å²) in [6.07, 6.45) is 7.14. The molecule has 5 nitrogen and oxygen atoms in total. The molecule has 0 atom stereocenters. The van der Waals surface area contributed by atoms with E-state index in [0.29, 0.717) is 23.6 Å². The van der Waals surface area contributed by atoms with Crippen LogP contribution in [0.25, 0.3) is 0 Å². The Morgan fingerprint density at radius 1 is 1.22 bits per heavy atom. The van der Waals surface area contributed by atoms with E-state index < -0.39 is 0 Å². The minimum atomic E-state index is 0.502. The highest BCUT2D eigenvalue weighted by molar-refractivity contribution is 5.49. The van der Waals surface area contributed by atoms with E-state index in [1.54, 1.807) is 24.8 Å². The van der Waals surface area contributed by atoms with Gasteiger partial charge in [0.1, 0.15) is 11.8 Å². The quantitative estimate of drug-likeness (QED) is 0.738. The number of nitrogens with zero attached hydrogens (tertiary/aromatic N) is 4. The second-order valence-electron chi connectivity index (χ2n) is 5.32. The molecule has 2 heterocycles. The Labute approximate surface area is 134 Å². The van der Waals surface area contributed by atoms with Crippen LogP contribution in [0.15, 0.2) is 49.2 Å². The molecule has 0 aliphatic rings. The van der Waals surface area contributed by atoms with Crippen molar-refractivity contribution in [3.05, 3.63) is 71.6 Å². The van der Waals surface area contributed by atoms with Crippen LogP contribution >= 0.6 is 0 Å². The molecule has 5 heteroatoms. The number of hydrogen-bond donors (Lipinski definition) is 0. The van der Waals surface area contributed by atoms with Gasteiger partial charge >= 0.3 is 0 Å². The van der Waals surface area contributed by atoms with E-state index in [4.69, 9.17) is 4.74 Å². The molecular weight excluding hydrogens is 288 g/mol. The highest BCUT2D eigenvalue weighted by Crippen LogP contribution is 2.30. The van der Waals surface area contributed by atoms with Crippen LogP contribution in [-0.2, 0) is 6.54 Å². The van der Waals surface area contributed by atoms with E-state index in [9.17, 15) is 5.26 Å². The van der Waals surface area contributed by atoms with Crippen LogP contribution in [0, 0.1) is 25.2 Å². The summed E-state index contributed by atoms with van der Waals surface area (Å²) < 4.78 is 7.98. The minimum Gasteiger partial charge on any atom is -0.454 e. The molecule has 0 bridgehead atoms. The molecule has 0 spiro atoms. The predicted molar refractivity (Wildman–Crippen MR) is 86.3 cm³/mol. The highest BCUT2D eigenvalue weighted by atomic mass is 16.5. The van der Waals surface area contributed by atoms with Crippen LogP contribution in [-0.4, -0.2) is 14.5 Å². The maximum atomic E-state index is 9.32. The highest BCUT2D eigenvalue weighted by Gasteiger charge is 2.11. The number of aryl methyl sites for hydroxylation is 2. The van der Waals surface area contributed by atoms with Gasteiger partial charge in [0, 0.05) is 25.1 Å². The maximum absolute atomic E-state index is 9.32. The summed E-state index contributed by atoms with van der Waals surface area (Å²) in [6.45, 7) is 4.53. The number of pyridine rings is 1. The minimum absolute atomic E-state index is 0.502. The second kappa shape index (κ2) is 6.32. The van der Waals surface area contributed by atoms with E-state index in [1.165, 1.54) is 0 Å². The summed E-state index contributed by atoms with van der Waals surface area (Å²) in [5, 5.41) is 9.32. The Hall–Kier alpha value is -3.13. The smallest absolute Gasteiger partial charge is 0.151 e. The van der Waals surface area contributed by atoms with Gasteiger partial charge in [0.05, 0.1) is 17.6 Å². The first-order valence-electron chi connectivity index (χ1n) is 7.26. The molecule has 0 saturated heterocycles.